The molecular weight excluding hydrogens is 379 g/mol. The second kappa shape index (κ2) is 5.93. The van der Waals surface area contributed by atoms with Gasteiger partial charge in [-0.2, -0.15) is 0 Å². The van der Waals surface area contributed by atoms with Crippen LogP contribution in [0.2, 0.25) is 0 Å². The van der Waals surface area contributed by atoms with Gasteiger partial charge >= 0.3 is 0 Å². The van der Waals surface area contributed by atoms with Crippen LogP contribution in [0.5, 0.6) is 0 Å². The predicted octanol–water partition coefficient (Wildman–Crippen LogP) is 2.40. The van der Waals surface area contributed by atoms with E-state index in [1.807, 2.05) is 18.2 Å². The predicted molar refractivity (Wildman–Crippen MR) is 81.4 cm³/mol. The third kappa shape index (κ3) is 3.71. The Kier molecular flexibility index (Phi) is 4.48. The van der Waals surface area contributed by atoms with Crippen molar-refractivity contribution in [3.8, 4) is 0 Å². The van der Waals surface area contributed by atoms with Crippen LogP contribution in [0.15, 0.2) is 45.7 Å². The first-order chi connectivity index (χ1) is 9.01. The lowest BCUT2D eigenvalue weighted by molar-refractivity contribution is 0.493. The lowest BCUT2D eigenvalue weighted by Crippen LogP contribution is -2.18. The number of hydrogen-bond donors (Lipinski definition) is 2. The number of furan rings is 1. The number of benzene rings is 1. The van der Waals surface area contributed by atoms with Crippen molar-refractivity contribution in [2.24, 2.45) is 0 Å². The van der Waals surface area contributed by atoms with E-state index in [0.29, 0.717) is 6.54 Å². The molecule has 0 spiro atoms. The van der Waals surface area contributed by atoms with Gasteiger partial charge in [0.25, 0.3) is 0 Å². The molecule has 0 aliphatic carbocycles. The van der Waals surface area contributed by atoms with Crippen molar-refractivity contribution in [3.05, 3.63) is 45.9 Å². The molecule has 0 fully saturated rings. The summed E-state index contributed by atoms with van der Waals surface area (Å²) in [5, 5.41) is 3.12. The highest BCUT2D eigenvalue weighted by Gasteiger charge is 2.11. The van der Waals surface area contributed by atoms with Gasteiger partial charge in [-0.15, -0.1) is 0 Å². The average molecular weight is 392 g/mol. The topological polar surface area (TPSA) is 71.3 Å². The Morgan fingerprint density at radius 3 is 2.68 bits per heavy atom. The van der Waals surface area contributed by atoms with Crippen LogP contribution in [0.1, 0.15) is 5.76 Å². The van der Waals surface area contributed by atoms with Gasteiger partial charge in [0, 0.05) is 5.69 Å². The summed E-state index contributed by atoms with van der Waals surface area (Å²) in [7, 11) is -2.03. The lowest BCUT2D eigenvalue weighted by Gasteiger charge is -2.07. The molecule has 1 aromatic carbocycles. The first-order valence-corrected chi connectivity index (χ1v) is 8.09. The van der Waals surface area contributed by atoms with E-state index in [0.717, 1.165) is 15.2 Å². The van der Waals surface area contributed by atoms with Crippen LogP contribution in [0.3, 0.4) is 0 Å². The molecule has 2 aromatic rings. The molecule has 102 valence electrons. The Hall–Kier alpha value is -1.06. The Morgan fingerprint density at radius 1 is 1.26 bits per heavy atom. The highest BCUT2D eigenvalue weighted by Crippen LogP contribution is 2.17. The summed E-state index contributed by atoms with van der Waals surface area (Å²) in [6.07, 6.45) is 0. The zero-order valence-corrected chi connectivity index (χ0v) is 13.2. The van der Waals surface area contributed by atoms with Gasteiger partial charge < -0.3 is 9.73 Å². The third-order valence-electron chi connectivity index (χ3n) is 2.51. The van der Waals surface area contributed by atoms with E-state index in [9.17, 15) is 8.42 Å². The van der Waals surface area contributed by atoms with Gasteiger partial charge in [-0.05, 0) is 60.0 Å². The van der Waals surface area contributed by atoms with Crippen LogP contribution >= 0.6 is 22.6 Å². The molecule has 0 aliphatic heterocycles. The van der Waals surface area contributed by atoms with E-state index in [-0.39, 0.29) is 4.90 Å². The quantitative estimate of drug-likeness (QED) is 0.767. The number of nitrogens with one attached hydrogen (secondary N) is 2. The average Bonchev–Trinajstić information content (AvgIpc) is 2.82. The molecule has 1 aromatic heterocycles. The summed E-state index contributed by atoms with van der Waals surface area (Å²) in [4.78, 5) is 0.231. The zero-order chi connectivity index (χ0) is 13.9. The maximum atomic E-state index is 11.7. The van der Waals surface area contributed by atoms with Gasteiger partial charge in [-0.1, -0.05) is 6.07 Å². The fraction of sp³-hybridized carbons (Fsp3) is 0.167. The minimum absolute atomic E-state index is 0.231. The summed E-state index contributed by atoms with van der Waals surface area (Å²) >= 11 is 2.09. The van der Waals surface area contributed by atoms with Crippen molar-refractivity contribution < 1.29 is 12.8 Å². The SMILES string of the molecule is CNS(=O)(=O)c1cccc(NCc2ccc(I)o2)c1. The molecule has 1 heterocycles. The second-order valence-electron chi connectivity index (χ2n) is 3.79. The highest BCUT2D eigenvalue weighted by atomic mass is 127. The van der Waals surface area contributed by atoms with Gasteiger partial charge in [0.15, 0.2) is 3.77 Å². The molecule has 2 rings (SSSR count). The van der Waals surface area contributed by atoms with Crippen molar-refractivity contribution in [1.29, 1.82) is 0 Å². The second-order valence-corrected chi connectivity index (χ2v) is 6.74. The molecule has 0 amide bonds. The minimum atomic E-state index is -3.41. The summed E-state index contributed by atoms with van der Waals surface area (Å²) < 4.78 is 31.9. The highest BCUT2D eigenvalue weighted by molar-refractivity contribution is 14.1. The monoisotopic (exact) mass is 392 g/mol. The fourth-order valence-electron chi connectivity index (χ4n) is 1.53. The smallest absolute Gasteiger partial charge is 0.240 e. The van der Waals surface area contributed by atoms with Gasteiger partial charge in [0.1, 0.15) is 5.76 Å². The normalized spacial score (nSPS) is 11.5. The Labute approximate surface area is 125 Å². The van der Waals surface area contributed by atoms with E-state index in [4.69, 9.17) is 4.42 Å². The van der Waals surface area contributed by atoms with Gasteiger partial charge in [-0.3, -0.25) is 0 Å². The largest absolute Gasteiger partial charge is 0.454 e. The molecule has 0 saturated heterocycles. The molecule has 0 aliphatic rings. The van der Waals surface area contributed by atoms with Crippen molar-refractivity contribution in [1.82, 2.24) is 4.72 Å². The van der Waals surface area contributed by atoms with Crippen LogP contribution in [-0.4, -0.2) is 15.5 Å². The molecule has 0 bridgehead atoms. The number of rotatable bonds is 5. The molecule has 7 heteroatoms. The van der Waals surface area contributed by atoms with E-state index in [1.54, 1.807) is 18.2 Å². The minimum Gasteiger partial charge on any atom is -0.454 e. The summed E-state index contributed by atoms with van der Waals surface area (Å²) in [5.74, 6) is 0.797. The number of halogens is 1. The van der Waals surface area contributed by atoms with E-state index in [2.05, 4.69) is 32.6 Å². The summed E-state index contributed by atoms with van der Waals surface area (Å²) in [6.45, 7) is 0.506. The molecule has 0 unspecified atom stereocenters. The fourth-order valence-corrected chi connectivity index (χ4v) is 2.77. The first kappa shape index (κ1) is 14.4. The van der Waals surface area contributed by atoms with Gasteiger partial charge in [0.2, 0.25) is 10.0 Å². The standard InChI is InChI=1S/C12H13IN2O3S/c1-14-19(16,17)11-4-2-3-9(7-11)15-8-10-5-6-12(13)18-10/h2-7,14-15H,8H2,1H3. The third-order valence-corrected chi connectivity index (χ3v) is 4.50. The Morgan fingerprint density at radius 2 is 2.05 bits per heavy atom. The first-order valence-electron chi connectivity index (χ1n) is 5.53. The lowest BCUT2D eigenvalue weighted by atomic mass is 10.3. The van der Waals surface area contributed by atoms with Crippen molar-refractivity contribution in [2.45, 2.75) is 11.4 Å². The summed E-state index contributed by atoms with van der Waals surface area (Å²) in [6, 6.07) is 10.4. The van der Waals surface area contributed by atoms with Crippen LogP contribution in [0.25, 0.3) is 0 Å². The number of hydrogen-bond acceptors (Lipinski definition) is 4. The Bertz CT molecular complexity index is 667. The van der Waals surface area contributed by atoms with E-state index < -0.39 is 10.0 Å². The van der Waals surface area contributed by atoms with Gasteiger partial charge in [-0.25, -0.2) is 13.1 Å². The molecule has 0 saturated carbocycles. The zero-order valence-electron chi connectivity index (χ0n) is 10.2. The maximum Gasteiger partial charge on any atom is 0.240 e. The van der Waals surface area contributed by atoms with Crippen LogP contribution in [0, 0.1) is 3.77 Å². The van der Waals surface area contributed by atoms with Crippen LogP contribution < -0.4 is 10.0 Å². The summed E-state index contributed by atoms with van der Waals surface area (Å²) in [5.41, 5.74) is 0.725. The Balaban J connectivity index is 2.11. The van der Waals surface area contributed by atoms with Crippen molar-refractivity contribution in [3.63, 3.8) is 0 Å². The van der Waals surface area contributed by atoms with Crippen molar-refractivity contribution in [2.75, 3.05) is 12.4 Å². The van der Waals surface area contributed by atoms with E-state index >= 15 is 0 Å². The van der Waals surface area contributed by atoms with Crippen LogP contribution in [-0.2, 0) is 16.6 Å². The van der Waals surface area contributed by atoms with Crippen LogP contribution in [0.4, 0.5) is 5.69 Å². The molecule has 0 radical (unpaired) electrons. The molecular formula is C12H13IN2O3S. The molecule has 5 nitrogen and oxygen atoms in total. The number of anilines is 1. The number of sulfonamides is 1. The maximum absolute atomic E-state index is 11.7. The van der Waals surface area contributed by atoms with Crippen molar-refractivity contribution >= 4 is 38.3 Å². The molecule has 0 atom stereocenters. The molecule has 2 N–H and O–H groups in total. The van der Waals surface area contributed by atoms with Gasteiger partial charge in [0.05, 0.1) is 11.4 Å². The van der Waals surface area contributed by atoms with E-state index in [1.165, 1.54) is 7.05 Å². The molecule has 19 heavy (non-hydrogen) atoms.